The van der Waals surface area contributed by atoms with E-state index in [1.807, 2.05) is 0 Å². The Morgan fingerprint density at radius 3 is 2.06 bits per heavy atom. The Bertz CT molecular complexity index is 379. The third-order valence-corrected chi connectivity index (χ3v) is 4.51. The summed E-state index contributed by atoms with van der Waals surface area (Å²) in [5, 5.41) is 10.6. The van der Waals surface area contributed by atoms with E-state index in [0.717, 1.165) is 0 Å². The summed E-state index contributed by atoms with van der Waals surface area (Å²) in [5.74, 6) is -2.71. The molecule has 0 bridgehead atoms. The zero-order valence-corrected chi connectivity index (χ0v) is 10.6. The summed E-state index contributed by atoms with van der Waals surface area (Å²) in [6.07, 6.45) is 0. The third kappa shape index (κ3) is 4.18. The van der Waals surface area contributed by atoms with Gasteiger partial charge in [-0.2, -0.15) is 0 Å². The van der Waals surface area contributed by atoms with Crippen LogP contribution in [0.15, 0.2) is 0 Å². The topological polar surface area (TPSA) is 101 Å². The summed E-state index contributed by atoms with van der Waals surface area (Å²) in [5.41, 5.74) is 0. The molecule has 0 aliphatic heterocycles. The molecule has 0 saturated carbocycles. The Labute approximate surface area is 95.0 Å². The first-order valence-electron chi connectivity index (χ1n) is 4.72. The molecule has 7 heteroatoms. The fourth-order valence-electron chi connectivity index (χ4n) is 0.734. The second-order valence-electron chi connectivity index (χ2n) is 4.50. The molecule has 0 rings (SSSR count). The molecule has 0 heterocycles. The summed E-state index contributed by atoms with van der Waals surface area (Å²) in [7, 11) is -3.57. The Hall–Kier alpha value is -1.11. The number of rotatable bonds is 4. The fraction of sp³-hybridized carbons (Fsp3) is 0.778. The molecule has 0 aliphatic carbocycles. The van der Waals surface area contributed by atoms with Crippen molar-refractivity contribution in [3.63, 3.8) is 0 Å². The smallest absolute Gasteiger partial charge is 0.325 e. The Balaban J connectivity index is 4.55. The minimum absolute atomic E-state index is 0.700. The Morgan fingerprint density at radius 1 is 1.31 bits per heavy atom. The highest BCUT2D eigenvalue weighted by atomic mass is 32.2. The molecule has 0 saturated heterocycles. The van der Waals surface area contributed by atoms with Gasteiger partial charge in [0.25, 0.3) is 0 Å². The third-order valence-electron chi connectivity index (χ3n) is 2.00. The van der Waals surface area contributed by atoms with Gasteiger partial charge in [-0.05, 0) is 27.7 Å². The van der Waals surface area contributed by atoms with Crippen LogP contribution in [0.4, 0.5) is 0 Å². The van der Waals surface area contributed by atoms with Gasteiger partial charge in [-0.25, -0.2) is 8.42 Å². The van der Waals surface area contributed by atoms with Crippen LogP contribution in [0.25, 0.3) is 0 Å². The number of carboxylic acids is 1. The van der Waals surface area contributed by atoms with Crippen LogP contribution in [-0.2, 0) is 19.4 Å². The van der Waals surface area contributed by atoms with E-state index in [2.05, 4.69) is 5.32 Å². The van der Waals surface area contributed by atoms with Gasteiger partial charge in [-0.3, -0.25) is 9.59 Å². The first-order valence-corrected chi connectivity index (χ1v) is 6.37. The summed E-state index contributed by atoms with van der Waals surface area (Å²) in [4.78, 5) is 21.7. The molecule has 1 unspecified atom stereocenters. The van der Waals surface area contributed by atoms with Crippen LogP contribution in [0.2, 0.25) is 0 Å². The maximum atomic E-state index is 11.6. The molecule has 6 nitrogen and oxygen atoms in total. The van der Waals surface area contributed by atoms with Crippen LogP contribution < -0.4 is 5.32 Å². The number of amides is 1. The molecule has 0 aromatic carbocycles. The molecule has 0 aliphatic rings. The van der Waals surface area contributed by atoms with Crippen molar-refractivity contribution in [1.29, 1.82) is 0 Å². The Kier molecular flexibility index (Phi) is 4.48. The number of sulfone groups is 1. The first kappa shape index (κ1) is 14.9. The number of carboxylic acid groups (broad SMARTS) is 1. The van der Waals surface area contributed by atoms with Gasteiger partial charge in [0.1, 0.15) is 11.8 Å². The van der Waals surface area contributed by atoms with Crippen LogP contribution in [-0.4, -0.2) is 41.9 Å². The molecule has 0 aromatic heterocycles. The molecular formula is C9H17NO5S. The van der Waals surface area contributed by atoms with E-state index in [-0.39, 0.29) is 0 Å². The number of hydrogen-bond acceptors (Lipinski definition) is 4. The number of carbonyl (C=O) groups is 2. The lowest BCUT2D eigenvalue weighted by molar-refractivity contribution is -0.140. The summed E-state index contributed by atoms with van der Waals surface area (Å²) < 4.78 is 22.2. The van der Waals surface area contributed by atoms with E-state index in [1.54, 1.807) is 0 Å². The molecule has 94 valence electrons. The molecule has 2 N–H and O–H groups in total. The van der Waals surface area contributed by atoms with Crippen molar-refractivity contribution < 1.29 is 23.1 Å². The van der Waals surface area contributed by atoms with Gasteiger partial charge in [-0.1, -0.05) is 0 Å². The highest BCUT2D eigenvalue weighted by Crippen LogP contribution is 2.15. The lowest BCUT2D eigenvalue weighted by Gasteiger charge is -2.19. The fourth-order valence-corrected chi connectivity index (χ4v) is 1.60. The van der Waals surface area contributed by atoms with Crippen LogP contribution in [0.1, 0.15) is 27.7 Å². The summed E-state index contributed by atoms with van der Waals surface area (Å²) in [6, 6.07) is -1.09. The minimum Gasteiger partial charge on any atom is -0.480 e. The van der Waals surface area contributed by atoms with Crippen LogP contribution in [0.5, 0.6) is 0 Å². The molecule has 0 spiro atoms. The van der Waals surface area contributed by atoms with Crippen molar-refractivity contribution >= 4 is 21.7 Å². The Morgan fingerprint density at radius 2 is 1.75 bits per heavy atom. The molecule has 0 aromatic rings. The predicted molar refractivity (Wildman–Crippen MR) is 58.8 cm³/mol. The standard InChI is InChI=1S/C9H17NO5S/c1-6(8(12)13)10-7(11)5-16(14,15)9(2,3)4/h6H,5H2,1-4H3,(H,10,11)(H,12,13). The second kappa shape index (κ2) is 4.82. The SMILES string of the molecule is CC(NC(=O)CS(=O)(=O)C(C)(C)C)C(=O)O. The molecule has 1 atom stereocenters. The molecule has 0 radical (unpaired) electrons. The normalized spacial score (nSPS) is 14.2. The zero-order valence-electron chi connectivity index (χ0n) is 9.77. The van der Waals surface area contributed by atoms with Gasteiger partial charge in [-0.15, -0.1) is 0 Å². The van der Waals surface area contributed by atoms with E-state index in [0.29, 0.717) is 0 Å². The van der Waals surface area contributed by atoms with Crippen molar-refractivity contribution in [3.8, 4) is 0 Å². The van der Waals surface area contributed by atoms with Gasteiger partial charge in [0.2, 0.25) is 5.91 Å². The predicted octanol–water partition coefficient (Wildman–Crippen LogP) is -0.211. The number of carbonyl (C=O) groups excluding carboxylic acids is 1. The monoisotopic (exact) mass is 251 g/mol. The number of aliphatic carboxylic acids is 1. The van der Waals surface area contributed by atoms with Gasteiger partial charge in [0.15, 0.2) is 9.84 Å². The summed E-state index contributed by atoms with van der Waals surface area (Å²) in [6.45, 7) is 5.71. The van der Waals surface area contributed by atoms with Crippen molar-refractivity contribution in [2.24, 2.45) is 0 Å². The van der Waals surface area contributed by atoms with E-state index >= 15 is 0 Å². The van der Waals surface area contributed by atoms with Crippen LogP contribution in [0, 0.1) is 0 Å². The van der Waals surface area contributed by atoms with Gasteiger partial charge < -0.3 is 10.4 Å². The molecule has 1 amide bonds. The summed E-state index contributed by atoms with van der Waals surface area (Å²) >= 11 is 0. The van der Waals surface area contributed by atoms with Crippen molar-refractivity contribution in [2.75, 3.05) is 5.75 Å². The van der Waals surface area contributed by atoms with Gasteiger partial charge in [0.05, 0.1) is 4.75 Å². The van der Waals surface area contributed by atoms with E-state index < -0.39 is 38.3 Å². The van der Waals surface area contributed by atoms with E-state index in [4.69, 9.17) is 5.11 Å². The molecule has 16 heavy (non-hydrogen) atoms. The van der Waals surface area contributed by atoms with Crippen molar-refractivity contribution in [2.45, 2.75) is 38.5 Å². The van der Waals surface area contributed by atoms with Gasteiger partial charge >= 0.3 is 5.97 Å². The first-order chi connectivity index (χ1) is 6.97. The lowest BCUT2D eigenvalue weighted by atomic mass is 10.3. The van der Waals surface area contributed by atoms with Crippen LogP contribution >= 0.6 is 0 Å². The van der Waals surface area contributed by atoms with E-state index in [1.165, 1.54) is 27.7 Å². The highest BCUT2D eigenvalue weighted by Gasteiger charge is 2.31. The average Bonchev–Trinajstić information content (AvgIpc) is 1.99. The zero-order chi connectivity index (χ0) is 13.1. The number of hydrogen-bond donors (Lipinski definition) is 2. The van der Waals surface area contributed by atoms with Gasteiger partial charge in [0, 0.05) is 0 Å². The average molecular weight is 251 g/mol. The maximum absolute atomic E-state index is 11.6. The quantitative estimate of drug-likeness (QED) is 0.720. The van der Waals surface area contributed by atoms with Crippen molar-refractivity contribution in [3.05, 3.63) is 0 Å². The molecular weight excluding hydrogens is 234 g/mol. The van der Waals surface area contributed by atoms with E-state index in [9.17, 15) is 18.0 Å². The molecule has 0 fully saturated rings. The lowest BCUT2D eigenvalue weighted by Crippen LogP contribution is -2.44. The minimum atomic E-state index is -3.57. The van der Waals surface area contributed by atoms with Crippen LogP contribution in [0.3, 0.4) is 0 Å². The largest absolute Gasteiger partial charge is 0.480 e. The second-order valence-corrected chi connectivity index (χ2v) is 7.24. The van der Waals surface area contributed by atoms with Crippen molar-refractivity contribution in [1.82, 2.24) is 5.32 Å². The maximum Gasteiger partial charge on any atom is 0.325 e. The highest BCUT2D eigenvalue weighted by molar-refractivity contribution is 7.93. The number of nitrogens with one attached hydrogen (secondary N) is 1.